The number of Topliss-reactive ketones (excluding diaryl/α,β-unsaturated/α-hetero) is 1. The number of carbonyl (C=O) groups is 2. The van der Waals surface area contributed by atoms with Gasteiger partial charge in [-0.05, 0) is 24.5 Å². The Morgan fingerprint density at radius 2 is 1.45 bits per heavy atom. The van der Waals surface area contributed by atoms with Gasteiger partial charge in [-0.25, -0.2) is 0 Å². The molecule has 0 saturated heterocycles. The number of nitrogens with zero attached hydrogens (tertiary/aromatic N) is 1. The second kappa shape index (κ2) is 7.03. The van der Waals surface area contributed by atoms with Crippen LogP contribution in [-0.4, -0.2) is 23.6 Å². The maximum absolute atomic E-state index is 12.2. The number of hydrogen-bond donors (Lipinski definition) is 0. The van der Waals surface area contributed by atoms with Crippen molar-refractivity contribution in [3.63, 3.8) is 0 Å². The lowest BCUT2D eigenvalue weighted by Gasteiger charge is -2.16. The second-order valence-electron chi connectivity index (χ2n) is 5.53. The first-order valence-corrected chi connectivity index (χ1v) is 7.45. The number of amides is 1. The number of hydrogen-bond acceptors (Lipinski definition) is 2. The summed E-state index contributed by atoms with van der Waals surface area (Å²) in [6, 6.07) is 15.2. The molecule has 0 aliphatic carbocycles. The van der Waals surface area contributed by atoms with E-state index in [-0.39, 0.29) is 0 Å². The van der Waals surface area contributed by atoms with Crippen LogP contribution in [-0.2, 0) is 17.8 Å². The molecule has 1 amide bonds. The van der Waals surface area contributed by atoms with Gasteiger partial charge in [0.25, 0.3) is 5.91 Å². The molecular weight excluding hydrogens is 274 g/mol. The van der Waals surface area contributed by atoms with Crippen molar-refractivity contribution in [2.24, 2.45) is 0 Å². The highest BCUT2D eigenvalue weighted by atomic mass is 16.2. The third-order valence-electron chi connectivity index (χ3n) is 3.71. The lowest BCUT2D eigenvalue weighted by atomic mass is 10.1. The molecule has 0 atom stereocenters. The highest BCUT2D eigenvalue weighted by Gasteiger charge is 2.20. The van der Waals surface area contributed by atoms with Crippen LogP contribution in [0.3, 0.4) is 0 Å². The lowest BCUT2D eigenvalue weighted by molar-refractivity contribution is -0.125. The van der Waals surface area contributed by atoms with E-state index in [0.717, 1.165) is 17.5 Å². The second-order valence-corrected chi connectivity index (χ2v) is 5.53. The fourth-order valence-corrected chi connectivity index (χ4v) is 2.23. The standard InChI is InChI=1S/C19H21NO2/c1-4-15-7-9-16(10-8-15)13-20(3)19(22)18(21)17-11-5-14(2)6-12-17/h5-12H,4,13H2,1-3H3. The smallest absolute Gasteiger partial charge is 0.294 e. The number of carbonyl (C=O) groups excluding carboxylic acids is 2. The fraction of sp³-hybridized carbons (Fsp3) is 0.263. The van der Waals surface area contributed by atoms with Gasteiger partial charge >= 0.3 is 0 Å². The molecule has 114 valence electrons. The number of rotatable bonds is 5. The van der Waals surface area contributed by atoms with E-state index in [4.69, 9.17) is 0 Å². The first-order chi connectivity index (χ1) is 10.5. The van der Waals surface area contributed by atoms with Gasteiger partial charge in [0.05, 0.1) is 0 Å². The Bertz CT molecular complexity index is 657. The minimum absolute atomic E-state index is 0.431. The van der Waals surface area contributed by atoms with Crippen LogP contribution in [0.15, 0.2) is 48.5 Å². The van der Waals surface area contributed by atoms with Crippen molar-refractivity contribution in [1.82, 2.24) is 4.90 Å². The minimum Gasteiger partial charge on any atom is -0.335 e. The number of likely N-dealkylation sites (N-methyl/N-ethyl adjacent to an activating group) is 1. The van der Waals surface area contributed by atoms with Crippen molar-refractivity contribution in [3.05, 3.63) is 70.8 Å². The van der Waals surface area contributed by atoms with Crippen LogP contribution in [0.25, 0.3) is 0 Å². The van der Waals surface area contributed by atoms with Gasteiger partial charge in [-0.2, -0.15) is 0 Å². The van der Waals surface area contributed by atoms with Gasteiger partial charge in [-0.15, -0.1) is 0 Å². The Morgan fingerprint density at radius 3 is 2.00 bits per heavy atom. The molecule has 0 saturated carbocycles. The Hall–Kier alpha value is -2.42. The number of aryl methyl sites for hydroxylation is 2. The van der Waals surface area contributed by atoms with E-state index >= 15 is 0 Å². The molecule has 0 radical (unpaired) electrons. The summed E-state index contributed by atoms with van der Waals surface area (Å²) in [5.74, 6) is -0.948. The molecule has 0 unspecified atom stereocenters. The maximum Gasteiger partial charge on any atom is 0.294 e. The first kappa shape index (κ1) is 16.0. The third-order valence-corrected chi connectivity index (χ3v) is 3.71. The molecule has 22 heavy (non-hydrogen) atoms. The molecule has 3 nitrogen and oxygen atoms in total. The van der Waals surface area contributed by atoms with Gasteiger partial charge in [0, 0.05) is 19.2 Å². The Morgan fingerprint density at radius 1 is 0.909 bits per heavy atom. The molecule has 0 aromatic heterocycles. The summed E-state index contributed by atoms with van der Waals surface area (Å²) in [6.07, 6.45) is 0.987. The maximum atomic E-state index is 12.2. The van der Waals surface area contributed by atoms with Crippen molar-refractivity contribution < 1.29 is 9.59 Å². The molecule has 0 aliphatic heterocycles. The van der Waals surface area contributed by atoms with Crippen molar-refractivity contribution in [1.29, 1.82) is 0 Å². The van der Waals surface area contributed by atoms with Crippen LogP contribution < -0.4 is 0 Å². The van der Waals surface area contributed by atoms with Crippen LogP contribution in [0.1, 0.15) is 34.0 Å². The van der Waals surface area contributed by atoms with Crippen LogP contribution >= 0.6 is 0 Å². The summed E-state index contributed by atoms with van der Waals surface area (Å²) in [5.41, 5.74) is 3.77. The van der Waals surface area contributed by atoms with Gasteiger partial charge < -0.3 is 4.90 Å². The van der Waals surface area contributed by atoms with Crippen molar-refractivity contribution in [2.75, 3.05) is 7.05 Å². The van der Waals surface area contributed by atoms with Crippen LogP contribution in [0.4, 0.5) is 0 Å². The number of benzene rings is 2. The Balaban J connectivity index is 2.04. The quantitative estimate of drug-likeness (QED) is 0.626. The SMILES string of the molecule is CCc1ccc(CN(C)C(=O)C(=O)c2ccc(C)cc2)cc1. The van der Waals surface area contributed by atoms with E-state index in [0.29, 0.717) is 12.1 Å². The average molecular weight is 295 g/mol. The first-order valence-electron chi connectivity index (χ1n) is 7.45. The summed E-state index contributed by atoms with van der Waals surface area (Å²) in [4.78, 5) is 25.9. The van der Waals surface area contributed by atoms with E-state index in [1.54, 1.807) is 19.2 Å². The Labute approximate surface area is 131 Å². The average Bonchev–Trinajstić information content (AvgIpc) is 2.55. The normalized spacial score (nSPS) is 10.3. The molecule has 0 fully saturated rings. The largest absolute Gasteiger partial charge is 0.335 e. The topological polar surface area (TPSA) is 37.4 Å². The molecule has 2 rings (SSSR count). The lowest BCUT2D eigenvalue weighted by Crippen LogP contribution is -2.32. The van der Waals surface area contributed by atoms with Crippen LogP contribution in [0.2, 0.25) is 0 Å². The zero-order valence-corrected chi connectivity index (χ0v) is 13.3. The molecule has 0 N–H and O–H groups in total. The monoisotopic (exact) mass is 295 g/mol. The Kier molecular flexibility index (Phi) is 5.10. The predicted octanol–water partition coefficient (Wildman–Crippen LogP) is 3.40. The summed E-state index contributed by atoms with van der Waals surface area (Å²) >= 11 is 0. The molecule has 0 spiro atoms. The van der Waals surface area contributed by atoms with Gasteiger partial charge in [-0.3, -0.25) is 9.59 Å². The van der Waals surface area contributed by atoms with Gasteiger partial charge in [-0.1, -0.05) is 61.0 Å². The minimum atomic E-state index is -0.483. The summed E-state index contributed by atoms with van der Waals surface area (Å²) in [6.45, 7) is 4.48. The van der Waals surface area contributed by atoms with E-state index in [9.17, 15) is 9.59 Å². The highest BCUT2D eigenvalue weighted by Crippen LogP contribution is 2.10. The summed E-state index contributed by atoms with van der Waals surface area (Å²) in [5, 5.41) is 0. The fourth-order valence-electron chi connectivity index (χ4n) is 2.23. The molecule has 2 aromatic carbocycles. The van der Waals surface area contributed by atoms with Crippen molar-refractivity contribution in [3.8, 4) is 0 Å². The molecule has 3 heteroatoms. The predicted molar refractivity (Wildman–Crippen MR) is 87.8 cm³/mol. The highest BCUT2D eigenvalue weighted by molar-refractivity contribution is 6.42. The molecule has 0 heterocycles. The zero-order valence-electron chi connectivity index (χ0n) is 13.3. The zero-order chi connectivity index (χ0) is 16.1. The van der Waals surface area contributed by atoms with Gasteiger partial charge in [0.2, 0.25) is 5.78 Å². The van der Waals surface area contributed by atoms with Crippen molar-refractivity contribution in [2.45, 2.75) is 26.8 Å². The third kappa shape index (κ3) is 3.82. The van der Waals surface area contributed by atoms with Gasteiger partial charge in [0.1, 0.15) is 0 Å². The number of ketones is 1. The van der Waals surface area contributed by atoms with Crippen LogP contribution in [0.5, 0.6) is 0 Å². The van der Waals surface area contributed by atoms with E-state index < -0.39 is 11.7 Å². The van der Waals surface area contributed by atoms with E-state index in [1.807, 2.05) is 31.2 Å². The van der Waals surface area contributed by atoms with Gasteiger partial charge in [0.15, 0.2) is 0 Å². The van der Waals surface area contributed by atoms with E-state index in [2.05, 4.69) is 19.1 Å². The van der Waals surface area contributed by atoms with Crippen LogP contribution in [0, 0.1) is 6.92 Å². The molecular formula is C19H21NO2. The molecule has 2 aromatic rings. The van der Waals surface area contributed by atoms with E-state index in [1.165, 1.54) is 10.5 Å². The van der Waals surface area contributed by atoms with Crippen molar-refractivity contribution >= 4 is 11.7 Å². The summed E-state index contributed by atoms with van der Waals surface area (Å²) in [7, 11) is 1.65. The molecule has 0 bridgehead atoms. The molecule has 0 aliphatic rings. The summed E-state index contributed by atoms with van der Waals surface area (Å²) < 4.78 is 0.